The van der Waals surface area contributed by atoms with E-state index in [-0.39, 0.29) is 11.4 Å². The zero-order valence-corrected chi connectivity index (χ0v) is 16.4. The summed E-state index contributed by atoms with van der Waals surface area (Å²) in [6, 6.07) is 22.5. The van der Waals surface area contributed by atoms with Crippen molar-refractivity contribution in [2.45, 2.75) is 0 Å². The van der Waals surface area contributed by atoms with E-state index in [0.29, 0.717) is 10.9 Å². The molecule has 0 bridgehead atoms. The summed E-state index contributed by atoms with van der Waals surface area (Å²) in [5.74, 6) is -0.846. The standard InChI is InChI=1S/C23H15N3O6/c27-23(16-8-2-1-3-9-16)24-17-13-19(25(28)29)22(20(14-17)26(30)31)32-21-12-6-10-15-7-4-5-11-18(15)21/h1-14H,(H,24,27). The molecule has 1 amide bonds. The van der Waals surface area contributed by atoms with Gasteiger partial charge in [0.25, 0.3) is 11.7 Å². The Morgan fingerprint density at radius 1 is 0.781 bits per heavy atom. The summed E-state index contributed by atoms with van der Waals surface area (Å²) in [5, 5.41) is 27.4. The van der Waals surface area contributed by atoms with Crippen LogP contribution in [-0.2, 0) is 0 Å². The lowest BCUT2D eigenvalue weighted by atomic mass is 10.1. The number of fused-ring (bicyclic) bond motifs is 1. The Kier molecular flexibility index (Phi) is 5.45. The van der Waals surface area contributed by atoms with E-state index in [1.807, 2.05) is 18.2 Å². The highest BCUT2D eigenvalue weighted by Crippen LogP contribution is 2.43. The second kappa shape index (κ2) is 8.52. The summed E-state index contributed by atoms with van der Waals surface area (Å²) >= 11 is 0. The van der Waals surface area contributed by atoms with Crippen LogP contribution >= 0.6 is 0 Å². The largest absolute Gasteiger partial charge is 0.444 e. The van der Waals surface area contributed by atoms with Gasteiger partial charge in [-0.3, -0.25) is 25.0 Å². The normalized spacial score (nSPS) is 10.5. The van der Waals surface area contributed by atoms with Crippen LogP contribution in [0.2, 0.25) is 0 Å². The number of amides is 1. The number of nitrogens with zero attached hydrogens (tertiary/aromatic N) is 2. The molecule has 0 aliphatic heterocycles. The molecular formula is C23H15N3O6. The number of hydrogen-bond donors (Lipinski definition) is 1. The Morgan fingerprint density at radius 3 is 2.03 bits per heavy atom. The topological polar surface area (TPSA) is 125 Å². The first-order chi connectivity index (χ1) is 15.4. The van der Waals surface area contributed by atoms with Crippen LogP contribution in [0, 0.1) is 20.2 Å². The number of carbonyl (C=O) groups is 1. The summed E-state index contributed by atoms with van der Waals surface area (Å²) in [5.41, 5.74) is -1.08. The van der Waals surface area contributed by atoms with E-state index in [4.69, 9.17) is 4.74 Å². The van der Waals surface area contributed by atoms with Crippen molar-refractivity contribution in [3.8, 4) is 11.5 Å². The summed E-state index contributed by atoms with van der Waals surface area (Å²) < 4.78 is 5.73. The van der Waals surface area contributed by atoms with Crippen molar-refractivity contribution in [1.29, 1.82) is 0 Å². The molecule has 0 saturated carbocycles. The molecule has 0 aliphatic carbocycles. The first-order valence-electron chi connectivity index (χ1n) is 9.43. The van der Waals surface area contributed by atoms with Gasteiger partial charge >= 0.3 is 11.4 Å². The Labute approximate surface area is 181 Å². The zero-order chi connectivity index (χ0) is 22.7. The molecule has 0 saturated heterocycles. The third kappa shape index (κ3) is 4.08. The summed E-state index contributed by atoms with van der Waals surface area (Å²) in [4.78, 5) is 34.3. The minimum atomic E-state index is -0.786. The van der Waals surface area contributed by atoms with Gasteiger partial charge in [0.15, 0.2) is 0 Å². The highest BCUT2D eigenvalue weighted by Gasteiger charge is 2.30. The zero-order valence-electron chi connectivity index (χ0n) is 16.4. The molecule has 0 aromatic heterocycles. The van der Waals surface area contributed by atoms with Crippen LogP contribution in [0.3, 0.4) is 0 Å². The Balaban J connectivity index is 1.79. The van der Waals surface area contributed by atoms with E-state index in [2.05, 4.69) is 5.32 Å². The maximum atomic E-state index is 12.4. The molecular weight excluding hydrogens is 414 g/mol. The summed E-state index contributed by atoms with van der Waals surface area (Å²) in [6.45, 7) is 0. The van der Waals surface area contributed by atoms with E-state index in [0.717, 1.165) is 17.5 Å². The monoisotopic (exact) mass is 429 g/mol. The molecule has 0 unspecified atom stereocenters. The molecule has 158 valence electrons. The molecule has 9 nitrogen and oxygen atoms in total. The van der Waals surface area contributed by atoms with Gasteiger partial charge in [0.2, 0.25) is 0 Å². The quantitative estimate of drug-likeness (QED) is 0.310. The number of hydrogen-bond acceptors (Lipinski definition) is 6. The SMILES string of the molecule is O=C(Nc1cc([N+](=O)[O-])c(Oc2cccc3ccccc23)c([N+](=O)[O-])c1)c1ccccc1. The molecule has 0 spiro atoms. The van der Waals surface area contributed by atoms with Crippen LogP contribution < -0.4 is 10.1 Å². The lowest BCUT2D eigenvalue weighted by Crippen LogP contribution is -2.12. The van der Waals surface area contributed by atoms with Crippen molar-refractivity contribution >= 4 is 33.7 Å². The van der Waals surface area contributed by atoms with E-state index in [9.17, 15) is 25.0 Å². The molecule has 0 radical (unpaired) electrons. The van der Waals surface area contributed by atoms with Gasteiger partial charge in [0.1, 0.15) is 5.75 Å². The molecule has 1 N–H and O–H groups in total. The molecule has 0 atom stereocenters. The van der Waals surface area contributed by atoms with E-state index in [1.54, 1.807) is 54.6 Å². The number of anilines is 1. The van der Waals surface area contributed by atoms with Gasteiger partial charge in [0.05, 0.1) is 15.5 Å². The lowest BCUT2D eigenvalue weighted by Gasteiger charge is -2.11. The summed E-state index contributed by atoms with van der Waals surface area (Å²) in [6.07, 6.45) is 0. The molecule has 0 heterocycles. The van der Waals surface area contributed by atoms with Gasteiger partial charge in [-0.05, 0) is 23.6 Å². The van der Waals surface area contributed by atoms with Crippen molar-refractivity contribution < 1.29 is 19.4 Å². The van der Waals surface area contributed by atoms with E-state index >= 15 is 0 Å². The van der Waals surface area contributed by atoms with Crippen molar-refractivity contribution in [3.05, 3.63) is 111 Å². The number of nitro benzene ring substituents is 2. The van der Waals surface area contributed by atoms with Crippen molar-refractivity contribution in [1.82, 2.24) is 0 Å². The van der Waals surface area contributed by atoms with Gasteiger partial charge < -0.3 is 10.1 Å². The van der Waals surface area contributed by atoms with Gasteiger partial charge in [-0.25, -0.2) is 0 Å². The minimum absolute atomic E-state index is 0.0949. The van der Waals surface area contributed by atoms with Gasteiger partial charge in [-0.15, -0.1) is 0 Å². The maximum Gasteiger partial charge on any atom is 0.320 e. The molecule has 32 heavy (non-hydrogen) atoms. The number of rotatable bonds is 6. The van der Waals surface area contributed by atoms with Gasteiger partial charge in [0, 0.05) is 23.1 Å². The van der Waals surface area contributed by atoms with Crippen molar-refractivity contribution in [2.75, 3.05) is 5.32 Å². The molecule has 0 fully saturated rings. The maximum absolute atomic E-state index is 12.4. The van der Waals surface area contributed by atoms with Crippen LogP contribution in [0.15, 0.2) is 84.9 Å². The first-order valence-corrected chi connectivity index (χ1v) is 9.43. The average molecular weight is 429 g/mol. The van der Waals surface area contributed by atoms with Crippen molar-refractivity contribution in [3.63, 3.8) is 0 Å². The van der Waals surface area contributed by atoms with Crippen molar-refractivity contribution in [2.24, 2.45) is 0 Å². The molecule has 4 aromatic carbocycles. The Morgan fingerprint density at radius 2 is 1.38 bits per heavy atom. The van der Waals surface area contributed by atoms with Crippen LogP contribution in [-0.4, -0.2) is 15.8 Å². The molecule has 9 heteroatoms. The van der Waals surface area contributed by atoms with Crippen LogP contribution in [0.4, 0.5) is 17.1 Å². The fourth-order valence-corrected chi connectivity index (χ4v) is 3.23. The average Bonchev–Trinajstić information content (AvgIpc) is 2.80. The third-order valence-corrected chi connectivity index (χ3v) is 4.70. The number of benzene rings is 4. The fourth-order valence-electron chi connectivity index (χ4n) is 3.23. The molecule has 4 rings (SSSR count). The Hall–Kier alpha value is -4.79. The first kappa shape index (κ1) is 20.5. The highest BCUT2D eigenvalue weighted by atomic mass is 16.6. The number of nitrogens with one attached hydrogen (secondary N) is 1. The Bertz CT molecular complexity index is 1310. The van der Waals surface area contributed by atoms with Gasteiger partial charge in [-0.1, -0.05) is 54.6 Å². The third-order valence-electron chi connectivity index (χ3n) is 4.70. The second-order valence-corrected chi connectivity index (χ2v) is 6.76. The molecule has 4 aromatic rings. The van der Waals surface area contributed by atoms with Gasteiger partial charge in [-0.2, -0.15) is 0 Å². The lowest BCUT2D eigenvalue weighted by molar-refractivity contribution is -0.395. The molecule has 0 aliphatic rings. The van der Waals surface area contributed by atoms with Crippen LogP contribution in [0.1, 0.15) is 10.4 Å². The fraction of sp³-hybridized carbons (Fsp3) is 0. The minimum Gasteiger partial charge on any atom is -0.444 e. The summed E-state index contributed by atoms with van der Waals surface area (Å²) in [7, 11) is 0. The predicted molar refractivity (Wildman–Crippen MR) is 118 cm³/mol. The number of nitro groups is 2. The predicted octanol–water partition coefficient (Wildman–Crippen LogP) is 5.70. The second-order valence-electron chi connectivity index (χ2n) is 6.76. The highest BCUT2D eigenvalue weighted by molar-refractivity contribution is 6.04. The van der Waals surface area contributed by atoms with Crippen LogP contribution in [0.25, 0.3) is 10.8 Å². The van der Waals surface area contributed by atoms with E-state index in [1.165, 1.54) is 0 Å². The smallest absolute Gasteiger partial charge is 0.320 e. The van der Waals surface area contributed by atoms with E-state index < -0.39 is 32.9 Å². The number of carbonyl (C=O) groups excluding carboxylic acids is 1. The number of ether oxygens (including phenoxy) is 1. The van der Waals surface area contributed by atoms with Crippen LogP contribution in [0.5, 0.6) is 11.5 Å².